The summed E-state index contributed by atoms with van der Waals surface area (Å²) in [7, 11) is 0. The fraction of sp³-hybridized carbons (Fsp3) is 0.286. The number of benzene rings is 1. The van der Waals surface area contributed by atoms with Gasteiger partial charge in [0.1, 0.15) is 0 Å². The molecule has 110 valence electrons. The monoisotopic (exact) mass is 322 g/mol. The first-order valence-electron chi connectivity index (χ1n) is 6.66. The maximum atomic E-state index is 6.15. The summed E-state index contributed by atoms with van der Waals surface area (Å²) in [6.45, 7) is 3.05. The van der Waals surface area contributed by atoms with Gasteiger partial charge in [0.2, 0.25) is 0 Å². The van der Waals surface area contributed by atoms with Gasteiger partial charge >= 0.3 is 0 Å². The number of para-hydroxylation sites is 1. The number of halogens is 1. The molecule has 0 amide bonds. The molecular formula is C14H15ClN4OS. The highest BCUT2D eigenvalue weighted by atomic mass is 35.5. The highest BCUT2D eigenvalue weighted by Crippen LogP contribution is 2.27. The lowest BCUT2D eigenvalue weighted by molar-refractivity contribution is 0.0397. The average Bonchev–Trinajstić information content (AvgIpc) is 2.87. The zero-order chi connectivity index (χ0) is 14.5. The second-order valence-corrected chi connectivity index (χ2v) is 5.86. The van der Waals surface area contributed by atoms with Crippen molar-refractivity contribution < 1.29 is 4.74 Å². The molecule has 1 aromatic heterocycles. The zero-order valence-electron chi connectivity index (χ0n) is 11.3. The number of morpholine rings is 1. The summed E-state index contributed by atoms with van der Waals surface area (Å²) in [6.07, 6.45) is 1.77. The van der Waals surface area contributed by atoms with E-state index in [9.17, 15) is 0 Å². The fourth-order valence-electron chi connectivity index (χ4n) is 1.89. The van der Waals surface area contributed by atoms with E-state index in [0.717, 1.165) is 28.8 Å². The van der Waals surface area contributed by atoms with Crippen molar-refractivity contribution in [2.24, 2.45) is 5.10 Å². The molecule has 1 N–H and O–H groups in total. The number of hydrazone groups is 1. The third-order valence-electron chi connectivity index (χ3n) is 2.96. The highest BCUT2D eigenvalue weighted by Gasteiger charge is 2.10. The number of hydrogen-bond acceptors (Lipinski definition) is 6. The van der Waals surface area contributed by atoms with Gasteiger partial charge in [-0.15, -0.1) is 0 Å². The minimum Gasteiger partial charge on any atom is -0.378 e. The van der Waals surface area contributed by atoms with Crippen LogP contribution in [0.1, 0.15) is 4.88 Å². The van der Waals surface area contributed by atoms with Crippen molar-refractivity contribution >= 4 is 40.0 Å². The van der Waals surface area contributed by atoms with Crippen molar-refractivity contribution in [1.29, 1.82) is 0 Å². The second-order valence-electron chi connectivity index (χ2n) is 4.48. The molecule has 21 heavy (non-hydrogen) atoms. The summed E-state index contributed by atoms with van der Waals surface area (Å²) in [5.41, 5.74) is 0.986. The number of aromatic nitrogens is 1. The van der Waals surface area contributed by atoms with Crippen molar-refractivity contribution in [3.05, 3.63) is 40.4 Å². The Labute approximate surface area is 132 Å². The molecular weight excluding hydrogens is 308 g/mol. The molecule has 1 aliphatic heterocycles. The van der Waals surface area contributed by atoms with E-state index < -0.39 is 0 Å². The quantitative estimate of drug-likeness (QED) is 0.878. The SMILES string of the molecule is Clc1nc(Nc2ccccc2)sc1/C=N/N1CCOCC1. The number of anilines is 2. The van der Waals surface area contributed by atoms with Crippen LogP contribution in [0.4, 0.5) is 10.8 Å². The Morgan fingerprint density at radius 3 is 2.81 bits per heavy atom. The van der Waals surface area contributed by atoms with Gasteiger partial charge in [-0.05, 0) is 12.1 Å². The van der Waals surface area contributed by atoms with Gasteiger partial charge in [-0.3, -0.25) is 5.01 Å². The van der Waals surface area contributed by atoms with Crippen LogP contribution in [0, 0.1) is 0 Å². The van der Waals surface area contributed by atoms with E-state index in [4.69, 9.17) is 16.3 Å². The van der Waals surface area contributed by atoms with Gasteiger partial charge in [0.25, 0.3) is 0 Å². The van der Waals surface area contributed by atoms with Crippen LogP contribution in [0.25, 0.3) is 0 Å². The van der Waals surface area contributed by atoms with Crippen LogP contribution in [0.2, 0.25) is 5.15 Å². The van der Waals surface area contributed by atoms with Crippen LogP contribution >= 0.6 is 22.9 Å². The van der Waals surface area contributed by atoms with E-state index in [0.29, 0.717) is 18.4 Å². The molecule has 2 aromatic rings. The molecule has 1 fully saturated rings. The number of ether oxygens (including phenoxy) is 1. The van der Waals surface area contributed by atoms with Gasteiger partial charge < -0.3 is 10.1 Å². The van der Waals surface area contributed by atoms with Crippen molar-refractivity contribution in [3.63, 3.8) is 0 Å². The van der Waals surface area contributed by atoms with Crippen LogP contribution in [0.5, 0.6) is 0 Å². The maximum Gasteiger partial charge on any atom is 0.189 e. The van der Waals surface area contributed by atoms with Gasteiger partial charge in [-0.25, -0.2) is 4.98 Å². The first kappa shape index (κ1) is 14.3. The first-order chi connectivity index (χ1) is 10.3. The van der Waals surface area contributed by atoms with Crippen molar-refractivity contribution in [2.45, 2.75) is 0 Å². The molecule has 0 saturated carbocycles. The first-order valence-corrected chi connectivity index (χ1v) is 7.86. The molecule has 0 unspecified atom stereocenters. The summed E-state index contributed by atoms with van der Waals surface area (Å²) in [5, 5.41) is 10.9. The normalized spacial score (nSPS) is 15.6. The Hall–Kier alpha value is -1.63. The molecule has 0 aliphatic carbocycles. The van der Waals surface area contributed by atoms with Gasteiger partial charge in [-0.2, -0.15) is 5.10 Å². The number of nitrogens with zero attached hydrogens (tertiary/aromatic N) is 3. The number of thiazole rings is 1. The van der Waals surface area contributed by atoms with Gasteiger partial charge in [-0.1, -0.05) is 41.1 Å². The van der Waals surface area contributed by atoms with Crippen LogP contribution < -0.4 is 5.32 Å². The maximum absolute atomic E-state index is 6.15. The summed E-state index contributed by atoms with van der Waals surface area (Å²) in [6, 6.07) is 9.88. The van der Waals surface area contributed by atoms with E-state index in [2.05, 4.69) is 15.4 Å². The predicted molar refractivity (Wildman–Crippen MR) is 86.8 cm³/mol. The molecule has 0 spiro atoms. The minimum atomic E-state index is 0.468. The standard InChI is InChI=1S/C14H15ClN4OS/c15-13-12(10-16-19-6-8-20-9-7-19)21-14(18-13)17-11-4-2-1-3-5-11/h1-5,10H,6-9H2,(H,17,18)/b16-10+. The minimum absolute atomic E-state index is 0.468. The summed E-state index contributed by atoms with van der Waals surface area (Å²) in [4.78, 5) is 5.16. The molecule has 1 aliphatic rings. The molecule has 1 aromatic carbocycles. The van der Waals surface area contributed by atoms with Gasteiger partial charge in [0.05, 0.1) is 37.4 Å². The molecule has 7 heteroatoms. The Balaban J connectivity index is 1.67. The smallest absolute Gasteiger partial charge is 0.189 e. The lowest BCUT2D eigenvalue weighted by Crippen LogP contribution is -2.32. The van der Waals surface area contributed by atoms with E-state index in [1.807, 2.05) is 35.3 Å². The molecule has 0 radical (unpaired) electrons. The predicted octanol–water partition coefficient (Wildman–Crippen LogP) is 3.21. The van der Waals surface area contributed by atoms with E-state index in [1.54, 1.807) is 6.21 Å². The Morgan fingerprint density at radius 1 is 1.29 bits per heavy atom. The van der Waals surface area contributed by atoms with Crippen LogP contribution in [-0.4, -0.2) is 42.5 Å². The Bertz CT molecular complexity index is 611. The number of hydrogen-bond donors (Lipinski definition) is 1. The lowest BCUT2D eigenvalue weighted by atomic mass is 10.3. The Kier molecular flexibility index (Phi) is 4.69. The van der Waals surface area contributed by atoms with Crippen LogP contribution in [0.15, 0.2) is 35.4 Å². The van der Waals surface area contributed by atoms with Gasteiger partial charge in [0.15, 0.2) is 10.3 Å². The molecule has 1 saturated heterocycles. The average molecular weight is 323 g/mol. The molecule has 2 heterocycles. The lowest BCUT2D eigenvalue weighted by Gasteiger charge is -2.23. The third kappa shape index (κ3) is 3.93. The molecule has 5 nitrogen and oxygen atoms in total. The van der Waals surface area contributed by atoms with Crippen molar-refractivity contribution in [2.75, 3.05) is 31.6 Å². The zero-order valence-corrected chi connectivity index (χ0v) is 12.9. The Morgan fingerprint density at radius 2 is 2.05 bits per heavy atom. The van der Waals surface area contributed by atoms with E-state index in [1.165, 1.54) is 11.3 Å². The molecule has 3 rings (SSSR count). The molecule has 0 atom stereocenters. The second kappa shape index (κ2) is 6.89. The summed E-state index contributed by atoms with van der Waals surface area (Å²) in [5.74, 6) is 0. The van der Waals surface area contributed by atoms with E-state index in [-0.39, 0.29) is 0 Å². The van der Waals surface area contributed by atoms with E-state index >= 15 is 0 Å². The topological polar surface area (TPSA) is 49.8 Å². The molecule has 0 bridgehead atoms. The van der Waals surface area contributed by atoms with Crippen LogP contribution in [0.3, 0.4) is 0 Å². The third-order valence-corrected chi connectivity index (χ3v) is 4.27. The summed E-state index contributed by atoms with van der Waals surface area (Å²) >= 11 is 7.64. The van der Waals surface area contributed by atoms with Crippen LogP contribution in [-0.2, 0) is 4.74 Å². The fourth-order valence-corrected chi connectivity index (χ4v) is 2.94. The van der Waals surface area contributed by atoms with Gasteiger partial charge in [0, 0.05) is 5.69 Å². The number of rotatable bonds is 4. The van der Waals surface area contributed by atoms with Crippen molar-refractivity contribution in [3.8, 4) is 0 Å². The largest absolute Gasteiger partial charge is 0.378 e. The highest BCUT2D eigenvalue weighted by molar-refractivity contribution is 7.17. The van der Waals surface area contributed by atoms with Crippen molar-refractivity contribution in [1.82, 2.24) is 9.99 Å². The summed E-state index contributed by atoms with van der Waals surface area (Å²) < 4.78 is 5.28. The number of nitrogens with one attached hydrogen (secondary N) is 1.